The predicted molar refractivity (Wildman–Crippen MR) is 72.1 cm³/mol. The number of carboxylic acids is 1. The first-order chi connectivity index (χ1) is 9.31. The Morgan fingerprint density at radius 3 is 2.55 bits per heavy atom. The number of nitrogens with one attached hydrogen (secondary N) is 1. The molecule has 7 nitrogen and oxygen atoms in total. The minimum absolute atomic E-state index is 0.0199. The summed E-state index contributed by atoms with van der Waals surface area (Å²) >= 11 is 0. The molecule has 2 heterocycles. The summed E-state index contributed by atoms with van der Waals surface area (Å²) in [5.41, 5.74) is 0. The van der Waals surface area contributed by atoms with Gasteiger partial charge in [0, 0.05) is 25.6 Å². The first kappa shape index (κ1) is 15.1. The normalized spacial score (nSPS) is 26.9. The lowest BCUT2D eigenvalue weighted by atomic mass is 9.87. The van der Waals surface area contributed by atoms with Crippen LogP contribution in [0.15, 0.2) is 0 Å². The standard InChI is InChI=1S/C12H20N2O5S/c1-8(11(15)16)9-6-14(7-9)12(17)13-5-10-3-2-4-20(10,18)19/h8-10H,2-7H2,1H3,(H,13,17)(H,15,16). The second kappa shape index (κ2) is 5.59. The number of amides is 2. The van der Waals surface area contributed by atoms with Crippen molar-refractivity contribution in [1.82, 2.24) is 10.2 Å². The number of hydrogen-bond acceptors (Lipinski definition) is 4. The molecular weight excluding hydrogens is 284 g/mol. The van der Waals surface area contributed by atoms with E-state index >= 15 is 0 Å². The minimum Gasteiger partial charge on any atom is -0.481 e. The molecule has 0 aromatic heterocycles. The molecule has 2 saturated heterocycles. The fourth-order valence-electron chi connectivity index (χ4n) is 2.60. The molecule has 0 bridgehead atoms. The fraction of sp³-hybridized carbons (Fsp3) is 0.833. The summed E-state index contributed by atoms with van der Waals surface area (Å²) in [6.07, 6.45) is 1.26. The van der Waals surface area contributed by atoms with Gasteiger partial charge >= 0.3 is 12.0 Å². The van der Waals surface area contributed by atoms with E-state index < -0.39 is 27.0 Å². The Bertz CT molecular complexity index is 498. The number of hydrogen-bond donors (Lipinski definition) is 2. The molecule has 2 rings (SSSR count). The molecule has 0 aliphatic carbocycles. The fourth-order valence-corrected chi connectivity index (χ4v) is 4.36. The van der Waals surface area contributed by atoms with Crippen LogP contribution in [0.3, 0.4) is 0 Å². The predicted octanol–water partition coefficient (Wildman–Crippen LogP) is -0.0743. The zero-order chi connectivity index (χ0) is 14.9. The lowest BCUT2D eigenvalue weighted by Gasteiger charge is -2.41. The van der Waals surface area contributed by atoms with Gasteiger partial charge in [0.2, 0.25) is 0 Å². The van der Waals surface area contributed by atoms with Crippen molar-refractivity contribution >= 4 is 21.8 Å². The number of carbonyl (C=O) groups is 2. The van der Waals surface area contributed by atoms with Gasteiger partial charge in [-0.2, -0.15) is 0 Å². The molecule has 0 spiro atoms. The van der Waals surface area contributed by atoms with Crippen LogP contribution in [-0.2, 0) is 14.6 Å². The molecule has 0 aromatic rings. The van der Waals surface area contributed by atoms with Gasteiger partial charge in [0.25, 0.3) is 0 Å². The molecule has 0 aromatic carbocycles. The Balaban J connectivity index is 1.74. The highest BCUT2D eigenvalue weighted by atomic mass is 32.2. The minimum atomic E-state index is -3.04. The summed E-state index contributed by atoms with van der Waals surface area (Å²) in [5.74, 6) is -1.13. The van der Waals surface area contributed by atoms with E-state index in [2.05, 4.69) is 5.32 Å². The molecule has 2 amide bonds. The number of rotatable bonds is 4. The smallest absolute Gasteiger partial charge is 0.317 e. The number of sulfone groups is 1. The third-order valence-corrected chi connectivity index (χ3v) is 6.51. The van der Waals surface area contributed by atoms with Crippen molar-refractivity contribution in [2.45, 2.75) is 25.0 Å². The van der Waals surface area contributed by atoms with Gasteiger partial charge in [0.05, 0.1) is 16.9 Å². The molecular formula is C12H20N2O5S. The molecule has 2 N–H and O–H groups in total. The number of carboxylic acid groups (broad SMARTS) is 1. The summed E-state index contributed by atoms with van der Waals surface area (Å²) in [4.78, 5) is 24.1. The average Bonchev–Trinajstić information content (AvgIpc) is 2.63. The van der Waals surface area contributed by atoms with E-state index in [1.165, 1.54) is 4.90 Å². The number of carbonyl (C=O) groups excluding carboxylic acids is 1. The third-order valence-electron chi connectivity index (χ3n) is 4.24. The first-order valence-corrected chi connectivity index (χ1v) is 8.50. The monoisotopic (exact) mass is 304 g/mol. The highest BCUT2D eigenvalue weighted by molar-refractivity contribution is 7.92. The molecule has 114 valence electrons. The second-order valence-electron chi connectivity index (χ2n) is 5.61. The van der Waals surface area contributed by atoms with Gasteiger partial charge in [0.1, 0.15) is 0 Å². The molecule has 20 heavy (non-hydrogen) atoms. The highest BCUT2D eigenvalue weighted by Crippen LogP contribution is 2.24. The van der Waals surface area contributed by atoms with Gasteiger partial charge in [-0.3, -0.25) is 4.79 Å². The van der Waals surface area contributed by atoms with Gasteiger partial charge in [-0.1, -0.05) is 6.92 Å². The summed E-state index contributed by atoms with van der Waals surface area (Å²) in [6.45, 7) is 2.61. The third kappa shape index (κ3) is 3.05. The van der Waals surface area contributed by atoms with E-state index in [1.54, 1.807) is 6.92 Å². The molecule has 0 radical (unpaired) electrons. The van der Waals surface area contributed by atoms with Crippen LogP contribution in [0.1, 0.15) is 19.8 Å². The Hall–Kier alpha value is -1.31. The highest BCUT2D eigenvalue weighted by Gasteiger charge is 2.38. The molecule has 0 saturated carbocycles. The number of likely N-dealkylation sites (tertiary alicyclic amines) is 1. The zero-order valence-corrected chi connectivity index (χ0v) is 12.2. The number of nitrogens with zero attached hydrogens (tertiary/aromatic N) is 1. The van der Waals surface area contributed by atoms with E-state index in [4.69, 9.17) is 5.11 Å². The topological polar surface area (TPSA) is 104 Å². The first-order valence-electron chi connectivity index (χ1n) is 6.78. The van der Waals surface area contributed by atoms with Crippen molar-refractivity contribution in [1.29, 1.82) is 0 Å². The van der Waals surface area contributed by atoms with Crippen LogP contribution in [0.25, 0.3) is 0 Å². The van der Waals surface area contributed by atoms with E-state index in [0.717, 1.165) is 0 Å². The van der Waals surface area contributed by atoms with Crippen molar-refractivity contribution < 1.29 is 23.1 Å². The summed E-state index contributed by atoms with van der Waals surface area (Å²) in [7, 11) is -3.04. The summed E-state index contributed by atoms with van der Waals surface area (Å²) < 4.78 is 23.2. The largest absolute Gasteiger partial charge is 0.481 e. The van der Waals surface area contributed by atoms with Crippen LogP contribution in [0.2, 0.25) is 0 Å². The van der Waals surface area contributed by atoms with Gasteiger partial charge in [-0.25, -0.2) is 13.2 Å². The quantitative estimate of drug-likeness (QED) is 0.756. The Labute approximate surface area is 118 Å². The molecule has 2 aliphatic rings. The van der Waals surface area contributed by atoms with Crippen LogP contribution in [-0.4, -0.2) is 61.1 Å². The average molecular weight is 304 g/mol. The summed E-state index contributed by atoms with van der Waals surface area (Å²) in [6, 6.07) is -0.305. The summed E-state index contributed by atoms with van der Waals surface area (Å²) in [5, 5.41) is 11.0. The maximum Gasteiger partial charge on any atom is 0.317 e. The van der Waals surface area contributed by atoms with Crippen molar-refractivity contribution in [3.05, 3.63) is 0 Å². The lowest BCUT2D eigenvalue weighted by molar-refractivity contribution is -0.144. The molecule has 8 heteroatoms. The molecule has 2 aliphatic heterocycles. The van der Waals surface area contributed by atoms with Crippen molar-refractivity contribution in [3.63, 3.8) is 0 Å². The number of urea groups is 1. The van der Waals surface area contributed by atoms with E-state index in [1.807, 2.05) is 0 Å². The van der Waals surface area contributed by atoms with Crippen LogP contribution in [0.4, 0.5) is 4.79 Å². The van der Waals surface area contributed by atoms with Gasteiger partial charge < -0.3 is 15.3 Å². The molecule has 2 unspecified atom stereocenters. The second-order valence-corrected chi connectivity index (χ2v) is 8.01. The lowest BCUT2D eigenvalue weighted by Crippen LogP contribution is -2.57. The molecule has 2 atom stereocenters. The van der Waals surface area contributed by atoms with Crippen LogP contribution in [0.5, 0.6) is 0 Å². The SMILES string of the molecule is CC(C(=O)O)C1CN(C(=O)NCC2CCCS2(=O)=O)C1. The Morgan fingerprint density at radius 1 is 1.40 bits per heavy atom. The van der Waals surface area contributed by atoms with Gasteiger partial charge in [0.15, 0.2) is 9.84 Å². The van der Waals surface area contributed by atoms with Crippen molar-refractivity contribution in [2.75, 3.05) is 25.4 Å². The Kier molecular flexibility index (Phi) is 4.22. The van der Waals surface area contributed by atoms with Crippen molar-refractivity contribution in [3.8, 4) is 0 Å². The van der Waals surface area contributed by atoms with Gasteiger partial charge in [-0.15, -0.1) is 0 Å². The number of aliphatic carboxylic acids is 1. The van der Waals surface area contributed by atoms with E-state index in [9.17, 15) is 18.0 Å². The zero-order valence-electron chi connectivity index (χ0n) is 11.4. The molecule has 2 fully saturated rings. The van der Waals surface area contributed by atoms with Gasteiger partial charge in [-0.05, 0) is 12.8 Å². The van der Waals surface area contributed by atoms with Crippen LogP contribution >= 0.6 is 0 Å². The van der Waals surface area contributed by atoms with Crippen LogP contribution in [0, 0.1) is 11.8 Å². The van der Waals surface area contributed by atoms with Crippen molar-refractivity contribution in [2.24, 2.45) is 11.8 Å². The van der Waals surface area contributed by atoms with E-state index in [-0.39, 0.29) is 24.2 Å². The maximum atomic E-state index is 11.8. The van der Waals surface area contributed by atoms with Crippen LogP contribution < -0.4 is 5.32 Å². The Morgan fingerprint density at radius 2 is 2.05 bits per heavy atom. The maximum absolute atomic E-state index is 11.8. The van der Waals surface area contributed by atoms with E-state index in [0.29, 0.717) is 25.9 Å².